The molecule has 0 radical (unpaired) electrons. The van der Waals surface area contributed by atoms with Gasteiger partial charge in [-0.1, -0.05) is 25.1 Å². The van der Waals surface area contributed by atoms with Crippen molar-refractivity contribution < 1.29 is 9.13 Å². The molecule has 0 aliphatic rings. The van der Waals surface area contributed by atoms with Crippen LogP contribution in [0.3, 0.4) is 0 Å². The lowest BCUT2D eigenvalue weighted by Crippen LogP contribution is -2.17. The molecule has 2 aromatic carbocycles. The Morgan fingerprint density at radius 3 is 2.52 bits per heavy atom. The maximum absolute atomic E-state index is 13.2. The smallest absolute Gasteiger partial charge is 0.123 e. The minimum atomic E-state index is -0.228. The molecular formula is C18H22FNO. The SMILES string of the molecule is CCNC(C)c1ccc(OCc2cc(F)ccc2C)cc1. The molecule has 0 bridgehead atoms. The Balaban J connectivity index is 1.99. The first kappa shape index (κ1) is 15.5. The number of halogens is 1. The van der Waals surface area contributed by atoms with Crippen LogP contribution in [0.1, 0.15) is 36.6 Å². The molecule has 0 spiro atoms. The van der Waals surface area contributed by atoms with E-state index < -0.39 is 0 Å². The van der Waals surface area contributed by atoms with Crippen molar-refractivity contribution in [1.82, 2.24) is 5.32 Å². The van der Waals surface area contributed by atoms with Gasteiger partial charge in [0.1, 0.15) is 18.2 Å². The van der Waals surface area contributed by atoms with E-state index in [1.54, 1.807) is 6.07 Å². The fraction of sp³-hybridized carbons (Fsp3) is 0.333. The summed E-state index contributed by atoms with van der Waals surface area (Å²) in [7, 11) is 0. The normalized spacial score (nSPS) is 12.2. The molecule has 1 atom stereocenters. The van der Waals surface area contributed by atoms with E-state index in [1.165, 1.54) is 17.7 Å². The summed E-state index contributed by atoms with van der Waals surface area (Å²) < 4.78 is 19.0. The zero-order chi connectivity index (χ0) is 15.2. The Morgan fingerprint density at radius 1 is 1.14 bits per heavy atom. The fourth-order valence-electron chi connectivity index (χ4n) is 2.23. The predicted octanol–water partition coefficient (Wildman–Crippen LogP) is 4.38. The van der Waals surface area contributed by atoms with E-state index in [0.717, 1.165) is 23.4 Å². The first-order valence-corrected chi connectivity index (χ1v) is 7.31. The van der Waals surface area contributed by atoms with Crippen LogP contribution < -0.4 is 10.1 Å². The molecule has 2 aromatic rings. The molecule has 1 N–H and O–H groups in total. The number of ether oxygens (including phenoxy) is 1. The van der Waals surface area contributed by atoms with Crippen LogP contribution in [0.15, 0.2) is 42.5 Å². The fourth-order valence-corrected chi connectivity index (χ4v) is 2.23. The van der Waals surface area contributed by atoms with Gasteiger partial charge in [0.25, 0.3) is 0 Å². The first-order chi connectivity index (χ1) is 10.1. The number of hydrogen-bond donors (Lipinski definition) is 1. The van der Waals surface area contributed by atoms with Gasteiger partial charge in [-0.2, -0.15) is 0 Å². The summed E-state index contributed by atoms with van der Waals surface area (Å²) in [6, 6.07) is 13.1. The van der Waals surface area contributed by atoms with Crippen molar-refractivity contribution >= 4 is 0 Å². The molecular weight excluding hydrogens is 265 g/mol. The minimum absolute atomic E-state index is 0.228. The highest BCUT2D eigenvalue weighted by Crippen LogP contribution is 2.19. The summed E-state index contributed by atoms with van der Waals surface area (Å²) in [6.45, 7) is 7.51. The molecule has 1 unspecified atom stereocenters. The van der Waals surface area contributed by atoms with E-state index in [1.807, 2.05) is 19.1 Å². The second kappa shape index (κ2) is 7.23. The zero-order valence-corrected chi connectivity index (χ0v) is 12.8. The van der Waals surface area contributed by atoms with Gasteiger partial charge in [-0.05, 0) is 61.3 Å². The predicted molar refractivity (Wildman–Crippen MR) is 84.0 cm³/mol. The molecule has 0 heterocycles. The van der Waals surface area contributed by atoms with Gasteiger partial charge >= 0.3 is 0 Å². The van der Waals surface area contributed by atoms with Gasteiger partial charge < -0.3 is 10.1 Å². The molecule has 0 saturated carbocycles. The van der Waals surface area contributed by atoms with Gasteiger partial charge in [-0.3, -0.25) is 0 Å². The third-order valence-corrected chi connectivity index (χ3v) is 3.60. The summed E-state index contributed by atoms with van der Waals surface area (Å²) in [5, 5.41) is 3.37. The average Bonchev–Trinajstić information content (AvgIpc) is 2.49. The quantitative estimate of drug-likeness (QED) is 0.851. The summed E-state index contributed by atoms with van der Waals surface area (Å²) >= 11 is 0. The first-order valence-electron chi connectivity index (χ1n) is 7.31. The number of aryl methyl sites for hydroxylation is 1. The van der Waals surface area contributed by atoms with Crippen molar-refractivity contribution in [2.75, 3.05) is 6.54 Å². The highest BCUT2D eigenvalue weighted by atomic mass is 19.1. The molecule has 0 amide bonds. The van der Waals surface area contributed by atoms with Crippen molar-refractivity contribution in [3.8, 4) is 5.75 Å². The third-order valence-electron chi connectivity index (χ3n) is 3.60. The summed E-state index contributed by atoms with van der Waals surface area (Å²) in [5.74, 6) is 0.570. The monoisotopic (exact) mass is 287 g/mol. The Labute approximate surface area is 126 Å². The maximum atomic E-state index is 13.2. The number of benzene rings is 2. The molecule has 112 valence electrons. The van der Waals surface area contributed by atoms with Crippen LogP contribution in [0, 0.1) is 12.7 Å². The van der Waals surface area contributed by atoms with Crippen molar-refractivity contribution in [2.24, 2.45) is 0 Å². The van der Waals surface area contributed by atoms with Crippen LogP contribution in [0.5, 0.6) is 5.75 Å². The molecule has 0 aliphatic heterocycles. The topological polar surface area (TPSA) is 21.3 Å². The van der Waals surface area contributed by atoms with E-state index in [9.17, 15) is 4.39 Å². The molecule has 21 heavy (non-hydrogen) atoms. The zero-order valence-electron chi connectivity index (χ0n) is 12.8. The maximum Gasteiger partial charge on any atom is 0.123 e. The summed E-state index contributed by atoms with van der Waals surface area (Å²) in [6.07, 6.45) is 0. The molecule has 3 heteroatoms. The van der Waals surface area contributed by atoms with Gasteiger partial charge in [-0.15, -0.1) is 0 Å². The molecule has 0 fully saturated rings. The van der Waals surface area contributed by atoms with E-state index in [4.69, 9.17) is 4.74 Å². The van der Waals surface area contributed by atoms with Gasteiger partial charge in [0.2, 0.25) is 0 Å². The molecule has 2 nitrogen and oxygen atoms in total. The second-order valence-corrected chi connectivity index (χ2v) is 5.21. The van der Waals surface area contributed by atoms with Crippen molar-refractivity contribution in [1.29, 1.82) is 0 Å². The largest absolute Gasteiger partial charge is 0.489 e. The average molecular weight is 287 g/mol. The van der Waals surface area contributed by atoms with Gasteiger partial charge in [0.05, 0.1) is 0 Å². The highest BCUT2D eigenvalue weighted by molar-refractivity contribution is 5.30. The van der Waals surface area contributed by atoms with Crippen LogP contribution in [0.25, 0.3) is 0 Å². The summed E-state index contributed by atoms with van der Waals surface area (Å²) in [5.41, 5.74) is 3.14. The lowest BCUT2D eigenvalue weighted by molar-refractivity contribution is 0.304. The lowest BCUT2D eigenvalue weighted by atomic mass is 10.1. The number of hydrogen-bond acceptors (Lipinski definition) is 2. The second-order valence-electron chi connectivity index (χ2n) is 5.21. The minimum Gasteiger partial charge on any atom is -0.489 e. The molecule has 0 aliphatic carbocycles. The van der Waals surface area contributed by atoms with Crippen LogP contribution in [0.2, 0.25) is 0 Å². The molecule has 2 rings (SSSR count). The van der Waals surface area contributed by atoms with E-state index in [2.05, 4.69) is 31.3 Å². The Hall–Kier alpha value is -1.87. The molecule has 0 saturated heterocycles. The van der Waals surface area contributed by atoms with Crippen molar-refractivity contribution in [3.63, 3.8) is 0 Å². The van der Waals surface area contributed by atoms with E-state index >= 15 is 0 Å². The van der Waals surface area contributed by atoms with E-state index in [0.29, 0.717) is 12.6 Å². The highest BCUT2D eigenvalue weighted by Gasteiger charge is 2.05. The van der Waals surface area contributed by atoms with Crippen molar-refractivity contribution in [2.45, 2.75) is 33.4 Å². The van der Waals surface area contributed by atoms with Crippen LogP contribution in [0.4, 0.5) is 4.39 Å². The van der Waals surface area contributed by atoms with Crippen LogP contribution >= 0.6 is 0 Å². The summed E-state index contributed by atoms with van der Waals surface area (Å²) in [4.78, 5) is 0. The molecule has 0 aromatic heterocycles. The number of nitrogens with one attached hydrogen (secondary N) is 1. The van der Waals surface area contributed by atoms with Gasteiger partial charge in [0, 0.05) is 6.04 Å². The van der Waals surface area contributed by atoms with Gasteiger partial charge in [0.15, 0.2) is 0 Å². The van der Waals surface area contributed by atoms with E-state index in [-0.39, 0.29) is 5.82 Å². The number of rotatable bonds is 6. The lowest BCUT2D eigenvalue weighted by Gasteiger charge is -2.14. The standard InChI is InChI=1S/C18H22FNO/c1-4-20-14(3)15-6-9-18(10-7-15)21-12-16-11-17(19)8-5-13(16)2/h5-11,14,20H,4,12H2,1-3H3. The van der Waals surface area contributed by atoms with Crippen LogP contribution in [-0.2, 0) is 6.61 Å². The Morgan fingerprint density at radius 2 is 1.86 bits per heavy atom. The van der Waals surface area contributed by atoms with Gasteiger partial charge in [-0.25, -0.2) is 4.39 Å². The van der Waals surface area contributed by atoms with Crippen molar-refractivity contribution in [3.05, 3.63) is 65.0 Å². The van der Waals surface area contributed by atoms with Crippen LogP contribution in [-0.4, -0.2) is 6.54 Å². The third kappa shape index (κ3) is 4.30. The Bertz CT molecular complexity index is 580. The Kier molecular flexibility index (Phi) is 5.34.